The van der Waals surface area contributed by atoms with Crippen LogP contribution < -0.4 is 20.1 Å². The maximum Gasteiger partial charge on any atom is 0.215 e. The van der Waals surface area contributed by atoms with Crippen molar-refractivity contribution in [2.45, 2.75) is 57.9 Å². The number of aryl methyl sites for hydroxylation is 1. The Morgan fingerprint density at radius 3 is 1.73 bits per heavy atom. The van der Waals surface area contributed by atoms with Gasteiger partial charge in [-0.15, -0.1) is 0 Å². The van der Waals surface area contributed by atoms with Gasteiger partial charge in [0.05, 0.1) is 6.54 Å². The van der Waals surface area contributed by atoms with E-state index in [1.165, 1.54) is 46.0 Å². The van der Waals surface area contributed by atoms with Gasteiger partial charge in [0.2, 0.25) is 11.0 Å². The Balaban J connectivity index is 1.76. The van der Waals surface area contributed by atoms with Crippen LogP contribution in [0.2, 0.25) is 0 Å². The molecule has 5 nitrogen and oxygen atoms in total. The lowest BCUT2D eigenvalue weighted by Gasteiger charge is -2.15. The van der Waals surface area contributed by atoms with Crippen molar-refractivity contribution >= 4 is 38.9 Å². The van der Waals surface area contributed by atoms with Crippen molar-refractivity contribution in [1.82, 2.24) is 0 Å². The molecule has 33 heavy (non-hydrogen) atoms. The van der Waals surface area contributed by atoms with Crippen molar-refractivity contribution < 1.29 is 10.3 Å². The van der Waals surface area contributed by atoms with Gasteiger partial charge in [-0.25, -0.2) is 0 Å². The van der Waals surface area contributed by atoms with Gasteiger partial charge in [-0.2, -0.15) is 4.57 Å². The average Bonchev–Trinajstić information content (AvgIpc) is 2.80. The van der Waals surface area contributed by atoms with Gasteiger partial charge in [0.25, 0.3) is 0 Å². The van der Waals surface area contributed by atoms with E-state index in [-0.39, 0.29) is 0 Å². The van der Waals surface area contributed by atoms with Crippen LogP contribution in [0.15, 0.2) is 42.5 Å². The third-order valence-corrected chi connectivity index (χ3v) is 6.54. The summed E-state index contributed by atoms with van der Waals surface area (Å²) in [6.07, 6.45) is 8.86. The summed E-state index contributed by atoms with van der Waals surface area (Å²) in [5.41, 5.74) is 9.87. The van der Waals surface area contributed by atoms with Crippen LogP contribution in [0.3, 0.4) is 0 Å². The van der Waals surface area contributed by atoms with E-state index >= 15 is 0 Å². The first kappa shape index (κ1) is 25.0. The third-order valence-electron chi connectivity index (χ3n) is 6.54. The maximum absolute atomic E-state index is 8.24. The number of quaternary nitrogens is 1. The second kappa shape index (κ2) is 12.0. The second-order valence-electron chi connectivity index (χ2n) is 9.65. The van der Waals surface area contributed by atoms with E-state index in [0.717, 1.165) is 57.3 Å². The zero-order chi connectivity index (χ0) is 23.8. The highest BCUT2D eigenvalue weighted by atomic mass is 15.1. The molecule has 0 bridgehead atoms. The summed E-state index contributed by atoms with van der Waals surface area (Å²) >= 11 is 0. The van der Waals surface area contributed by atoms with E-state index in [0.29, 0.717) is 0 Å². The highest BCUT2D eigenvalue weighted by Gasteiger charge is 2.17. The smallest absolute Gasteiger partial charge is 0.215 e. The largest absolute Gasteiger partial charge is 0.377 e. The number of hydrogen-bond donors (Lipinski definition) is 2. The summed E-state index contributed by atoms with van der Waals surface area (Å²) in [5, 5.41) is 10.8. The van der Waals surface area contributed by atoms with Crippen molar-refractivity contribution in [1.29, 1.82) is 5.41 Å². The van der Waals surface area contributed by atoms with Crippen molar-refractivity contribution in [3.63, 3.8) is 0 Å². The maximum atomic E-state index is 8.24. The minimum Gasteiger partial charge on any atom is -0.377 e. The van der Waals surface area contributed by atoms with Crippen LogP contribution in [0.5, 0.6) is 0 Å². The molecule has 178 valence electrons. The molecular formula is C28H43N5+2. The number of rotatable bonds is 13. The molecule has 0 radical (unpaired) electrons. The molecule has 5 heteroatoms. The number of hydrogen-bond acceptors (Lipinski definition) is 3. The van der Waals surface area contributed by atoms with Crippen LogP contribution in [-0.2, 0) is 6.54 Å². The summed E-state index contributed by atoms with van der Waals surface area (Å²) in [4.78, 5) is 4.35. The van der Waals surface area contributed by atoms with E-state index in [9.17, 15) is 0 Å². The Morgan fingerprint density at radius 1 is 0.727 bits per heavy atom. The minimum atomic E-state index is 0.925. The molecule has 0 saturated heterocycles. The first-order chi connectivity index (χ1) is 15.9. The Hall–Kier alpha value is -2.66. The lowest BCUT2D eigenvalue weighted by molar-refractivity contribution is -0.645. The van der Waals surface area contributed by atoms with Gasteiger partial charge < -0.3 is 20.9 Å². The molecule has 1 aromatic heterocycles. The SMILES string of the molecule is CN(C)c1ccc2cc3ccc(N(C)C)cc3[n+](CCCCCC(=N)CCCCC[NH3+])c2c1. The molecule has 1 heterocycles. The summed E-state index contributed by atoms with van der Waals surface area (Å²) in [6, 6.07) is 15.9. The summed E-state index contributed by atoms with van der Waals surface area (Å²) < 4.78 is 2.51. The highest BCUT2D eigenvalue weighted by molar-refractivity contribution is 5.91. The van der Waals surface area contributed by atoms with Crippen LogP contribution in [-0.4, -0.2) is 40.4 Å². The molecule has 0 unspecified atom stereocenters. The first-order valence-corrected chi connectivity index (χ1v) is 12.5. The highest BCUT2D eigenvalue weighted by Crippen LogP contribution is 2.25. The topological polar surface area (TPSA) is 61.9 Å². The number of pyridine rings is 1. The van der Waals surface area contributed by atoms with E-state index in [1.807, 2.05) is 0 Å². The normalized spacial score (nSPS) is 11.3. The van der Waals surface area contributed by atoms with Crippen LogP contribution in [0.4, 0.5) is 11.4 Å². The van der Waals surface area contributed by atoms with Crippen LogP contribution in [0, 0.1) is 5.41 Å². The molecule has 0 aliphatic rings. The number of fused-ring (bicyclic) bond motifs is 2. The van der Waals surface area contributed by atoms with Crippen molar-refractivity contribution in [3.05, 3.63) is 42.5 Å². The predicted molar refractivity (Wildman–Crippen MR) is 143 cm³/mol. The van der Waals surface area contributed by atoms with Gasteiger partial charge in [-0.3, -0.25) is 0 Å². The Bertz CT molecular complexity index is 1000. The molecule has 0 aliphatic carbocycles. The van der Waals surface area contributed by atoms with Gasteiger partial charge in [0, 0.05) is 74.6 Å². The number of nitrogens with zero attached hydrogens (tertiary/aromatic N) is 3. The number of aromatic nitrogens is 1. The molecule has 0 fully saturated rings. The van der Waals surface area contributed by atoms with Gasteiger partial charge in [-0.1, -0.05) is 0 Å². The molecular weight excluding hydrogens is 406 g/mol. The van der Waals surface area contributed by atoms with E-state index in [2.05, 4.69) is 90.8 Å². The lowest BCUT2D eigenvalue weighted by Crippen LogP contribution is -2.50. The molecule has 0 spiro atoms. The lowest BCUT2D eigenvalue weighted by atomic mass is 10.0. The summed E-state index contributed by atoms with van der Waals surface area (Å²) in [5.74, 6) is 0. The molecule has 2 aromatic carbocycles. The fraction of sp³-hybridized carbons (Fsp3) is 0.500. The van der Waals surface area contributed by atoms with Crippen LogP contribution in [0.1, 0.15) is 51.4 Å². The molecule has 0 aliphatic heterocycles. The fourth-order valence-electron chi connectivity index (χ4n) is 4.47. The molecule has 0 saturated carbocycles. The van der Waals surface area contributed by atoms with Crippen molar-refractivity contribution in [2.24, 2.45) is 0 Å². The predicted octanol–water partition coefficient (Wildman–Crippen LogP) is 4.79. The van der Waals surface area contributed by atoms with Gasteiger partial charge in [0.1, 0.15) is 6.54 Å². The Morgan fingerprint density at radius 2 is 1.24 bits per heavy atom. The van der Waals surface area contributed by atoms with E-state index < -0.39 is 0 Å². The first-order valence-electron chi connectivity index (χ1n) is 12.5. The van der Waals surface area contributed by atoms with Crippen LogP contribution >= 0.6 is 0 Å². The quantitative estimate of drug-likeness (QED) is 0.170. The van der Waals surface area contributed by atoms with Gasteiger partial charge >= 0.3 is 0 Å². The molecule has 0 amide bonds. The van der Waals surface area contributed by atoms with Crippen molar-refractivity contribution in [2.75, 3.05) is 44.5 Å². The van der Waals surface area contributed by atoms with Crippen LogP contribution in [0.25, 0.3) is 21.8 Å². The third kappa shape index (κ3) is 6.67. The van der Waals surface area contributed by atoms with Gasteiger partial charge in [-0.05, 0) is 75.3 Å². The standard InChI is InChI=1S/C28H42N5/c1-31(2)25-15-13-22-19-23-14-16-26(32(3)4)21-28(23)33(27(22)20-25)18-10-6-8-12-24(30)11-7-5-9-17-29/h13-16,19-21,30H,5-12,17-18,29H2,1-4H3/q+1/p+1. The van der Waals surface area contributed by atoms with Gasteiger partial charge in [0.15, 0.2) is 0 Å². The Kier molecular flexibility index (Phi) is 9.07. The fourth-order valence-corrected chi connectivity index (χ4v) is 4.47. The zero-order valence-electron chi connectivity index (χ0n) is 21.2. The molecule has 3 rings (SSSR count). The second-order valence-corrected chi connectivity index (χ2v) is 9.65. The Labute approximate surface area is 199 Å². The number of nitrogens with one attached hydrogen (secondary N) is 1. The number of unbranched alkanes of at least 4 members (excludes halogenated alkanes) is 4. The number of anilines is 2. The summed E-state index contributed by atoms with van der Waals surface area (Å²) in [6.45, 7) is 2.01. The molecule has 3 aromatic rings. The van der Waals surface area contributed by atoms with Crippen molar-refractivity contribution in [3.8, 4) is 0 Å². The van der Waals surface area contributed by atoms with E-state index in [1.54, 1.807) is 0 Å². The molecule has 4 N–H and O–H groups in total. The molecule has 0 atom stereocenters. The average molecular weight is 450 g/mol. The minimum absolute atomic E-state index is 0.925. The van der Waals surface area contributed by atoms with E-state index in [4.69, 9.17) is 5.41 Å². The number of benzene rings is 2. The monoisotopic (exact) mass is 449 g/mol. The zero-order valence-corrected chi connectivity index (χ0v) is 21.2. The summed E-state index contributed by atoms with van der Waals surface area (Å²) in [7, 11) is 8.41.